The minimum Gasteiger partial charge on any atom is -0.353 e. The highest BCUT2D eigenvalue weighted by atomic mass is 127. The Bertz CT molecular complexity index is 359. The van der Waals surface area contributed by atoms with Gasteiger partial charge in [-0.1, -0.05) is 0 Å². The van der Waals surface area contributed by atoms with E-state index in [1.54, 1.807) is 6.20 Å². The van der Waals surface area contributed by atoms with Gasteiger partial charge in [0.25, 0.3) is 0 Å². The number of hydrogen-bond donors (Lipinski definition) is 0. The van der Waals surface area contributed by atoms with Crippen molar-refractivity contribution in [1.29, 1.82) is 0 Å². The second-order valence-electron chi connectivity index (χ2n) is 3.85. The molecule has 15 heavy (non-hydrogen) atoms. The lowest BCUT2D eigenvalue weighted by atomic mass is 10.0. The first-order valence-electron chi connectivity index (χ1n) is 5.13. The molecule has 82 valence electrons. The van der Waals surface area contributed by atoms with Gasteiger partial charge in [-0.15, -0.1) is 0 Å². The number of halogens is 2. The van der Waals surface area contributed by atoms with Crippen LogP contribution in [0.1, 0.15) is 26.2 Å². The molecule has 0 spiro atoms. The largest absolute Gasteiger partial charge is 0.353 e. The summed E-state index contributed by atoms with van der Waals surface area (Å²) in [6, 6.07) is 0.554. The zero-order valence-electron chi connectivity index (χ0n) is 8.58. The van der Waals surface area contributed by atoms with E-state index in [9.17, 15) is 0 Å². The van der Waals surface area contributed by atoms with Crippen LogP contribution in [0.15, 0.2) is 6.20 Å². The van der Waals surface area contributed by atoms with Crippen LogP contribution in [-0.4, -0.2) is 22.6 Å². The van der Waals surface area contributed by atoms with Gasteiger partial charge in [0.1, 0.15) is 5.82 Å². The first kappa shape index (κ1) is 11.4. The van der Waals surface area contributed by atoms with Gasteiger partial charge in [-0.05, 0) is 60.4 Å². The molecular weight excluding hydrogens is 324 g/mol. The molecule has 0 amide bonds. The van der Waals surface area contributed by atoms with Crippen molar-refractivity contribution in [1.82, 2.24) is 9.97 Å². The molecule has 2 rings (SSSR count). The lowest BCUT2D eigenvalue weighted by Gasteiger charge is -2.34. The lowest BCUT2D eigenvalue weighted by molar-refractivity contribution is 0.480. The van der Waals surface area contributed by atoms with Crippen LogP contribution >= 0.6 is 34.2 Å². The molecule has 0 bridgehead atoms. The molecule has 0 N–H and O–H groups in total. The van der Waals surface area contributed by atoms with Crippen molar-refractivity contribution in [3.63, 3.8) is 0 Å². The predicted octanol–water partition coefficient (Wildman–Crippen LogP) is 3.11. The van der Waals surface area contributed by atoms with E-state index in [2.05, 4.69) is 44.4 Å². The van der Waals surface area contributed by atoms with E-state index >= 15 is 0 Å². The maximum Gasteiger partial charge on any atom is 0.224 e. The Balaban J connectivity index is 2.30. The summed E-state index contributed by atoms with van der Waals surface area (Å²) in [7, 11) is 0. The molecule has 0 aliphatic carbocycles. The Morgan fingerprint density at radius 3 is 3.07 bits per heavy atom. The van der Waals surface area contributed by atoms with Crippen molar-refractivity contribution in [2.24, 2.45) is 0 Å². The van der Waals surface area contributed by atoms with Crippen LogP contribution < -0.4 is 4.90 Å². The fraction of sp³-hybridized carbons (Fsp3) is 0.600. The first-order chi connectivity index (χ1) is 7.18. The molecule has 1 unspecified atom stereocenters. The molecule has 1 saturated heterocycles. The van der Waals surface area contributed by atoms with Crippen LogP contribution in [0.3, 0.4) is 0 Å². The van der Waals surface area contributed by atoms with Crippen molar-refractivity contribution in [3.8, 4) is 0 Å². The summed E-state index contributed by atoms with van der Waals surface area (Å²) in [6.45, 7) is 3.32. The van der Waals surface area contributed by atoms with Crippen LogP contribution in [0.5, 0.6) is 0 Å². The highest BCUT2D eigenvalue weighted by Gasteiger charge is 2.21. The average Bonchev–Trinajstić information content (AvgIpc) is 2.23. The van der Waals surface area contributed by atoms with Gasteiger partial charge < -0.3 is 4.90 Å². The van der Waals surface area contributed by atoms with Gasteiger partial charge >= 0.3 is 0 Å². The van der Waals surface area contributed by atoms with E-state index in [-0.39, 0.29) is 0 Å². The maximum atomic E-state index is 5.83. The number of nitrogens with zero attached hydrogens (tertiary/aromatic N) is 3. The van der Waals surface area contributed by atoms with E-state index in [4.69, 9.17) is 11.6 Å². The molecule has 1 fully saturated rings. The zero-order valence-corrected chi connectivity index (χ0v) is 11.5. The van der Waals surface area contributed by atoms with Crippen molar-refractivity contribution < 1.29 is 0 Å². The molecule has 1 aromatic rings. The molecule has 0 saturated carbocycles. The Morgan fingerprint density at radius 1 is 1.53 bits per heavy atom. The molecule has 1 aliphatic rings. The molecule has 2 heterocycles. The zero-order chi connectivity index (χ0) is 10.8. The van der Waals surface area contributed by atoms with E-state index < -0.39 is 0 Å². The summed E-state index contributed by atoms with van der Waals surface area (Å²) in [6.07, 6.45) is 5.57. The third-order valence-corrected chi connectivity index (χ3v) is 3.71. The van der Waals surface area contributed by atoms with Gasteiger partial charge in [-0.3, -0.25) is 0 Å². The van der Waals surface area contributed by atoms with E-state index in [0.29, 0.717) is 11.3 Å². The highest BCUT2D eigenvalue weighted by Crippen LogP contribution is 2.27. The number of anilines is 1. The quantitative estimate of drug-likeness (QED) is 0.582. The molecule has 0 aromatic carbocycles. The van der Waals surface area contributed by atoms with Crippen LogP contribution in [0.2, 0.25) is 5.28 Å². The molecule has 5 heteroatoms. The SMILES string of the molecule is CC1CCCCN1c1nc(Cl)ncc1I. The van der Waals surface area contributed by atoms with Gasteiger partial charge in [0.15, 0.2) is 0 Å². The Kier molecular flexibility index (Phi) is 3.66. The van der Waals surface area contributed by atoms with Crippen molar-refractivity contribution >= 4 is 40.0 Å². The molecule has 1 aliphatic heterocycles. The fourth-order valence-electron chi connectivity index (χ4n) is 1.95. The topological polar surface area (TPSA) is 29.0 Å². The summed E-state index contributed by atoms with van der Waals surface area (Å²) < 4.78 is 1.07. The second-order valence-corrected chi connectivity index (χ2v) is 5.35. The third-order valence-electron chi connectivity index (χ3n) is 2.77. The standard InChI is InChI=1S/C10H13ClIN3/c1-7-4-2-3-5-15(7)9-8(12)6-13-10(11)14-9/h6-7H,2-5H2,1H3. The van der Waals surface area contributed by atoms with Gasteiger partial charge in [0.05, 0.1) is 3.57 Å². The summed E-state index contributed by atoms with van der Waals surface area (Å²) in [5.74, 6) is 0.989. The Morgan fingerprint density at radius 2 is 2.33 bits per heavy atom. The Hall–Kier alpha value is -0.100. The minimum absolute atomic E-state index is 0.336. The smallest absolute Gasteiger partial charge is 0.224 e. The third kappa shape index (κ3) is 2.53. The maximum absolute atomic E-state index is 5.83. The monoisotopic (exact) mass is 337 g/mol. The Labute approximate surface area is 108 Å². The number of aromatic nitrogens is 2. The fourth-order valence-corrected chi connectivity index (χ4v) is 2.65. The van der Waals surface area contributed by atoms with Gasteiger partial charge in [-0.25, -0.2) is 4.98 Å². The normalized spacial score (nSPS) is 21.8. The van der Waals surface area contributed by atoms with Crippen LogP contribution in [-0.2, 0) is 0 Å². The molecular formula is C10H13ClIN3. The van der Waals surface area contributed by atoms with Gasteiger partial charge in [-0.2, -0.15) is 4.98 Å². The number of piperidine rings is 1. The first-order valence-corrected chi connectivity index (χ1v) is 6.59. The van der Waals surface area contributed by atoms with Crippen molar-refractivity contribution in [2.75, 3.05) is 11.4 Å². The summed E-state index contributed by atoms with van der Waals surface area (Å²) in [5, 5.41) is 0.336. The molecule has 0 radical (unpaired) electrons. The van der Waals surface area contributed by atoms with Crippen molar-refractivity contribution in [3.05, 3.63) is 15.1 Å². The minimum atomic E-state index is 0.336. The van der Waals surface area contributed by atoms with Gasteiger partial charge in [0.2, 0.25) is 5.28 Å². The lowest BCUT2D eigenvalue weighted by Crippen LogP contribution is -2.38. The summed E-state index contributed by atoms with van der Waals surface area (Å²) in [5.41, 5.74) is 0. The average molecular weight is 338 g/mol. The van der Waals surface area contributed by atoms with Gasteiger partial charge in [0, 0.05) is 18.8 Å². The number of hydrogen-bond acceptors (Lipinski definition) is 3. The van der Waals surface area contributed by atoms with Crippen LogP contribution in [0.4, 0.5) is 5.82 Å². The van der Waals surface area contributed by atoms with E-state index in [0.717, 1.165) is 15.9 Å². The molecule has 1 atom stereocenters. The summed E-state index contributed by atoms with van der Waals surface area (Å²) >= 11 is 8.10. The number of rotatable bonds is 1. The van der Waals surface area contributed by atoms with Crippen LogP contribution in [0, 0.1) is 3.57 Å². The van der Waals surface area contributed by atoms with Crippen LogP contribution in [0.25, 0.3) is 0 Å². The second kappa shape index (κ2) is 4.82. The van der Waals surface area contributed by atoms with E-state index in [1.165, 1.54) is 19.3 Å². The molecule has 3 nitrogen and oxygen atoms in total. The summed E-state index contributed by atoms with van der Waals surface area (Å²) in [4.78, 5) is 10.6. The van der Waals surface area contributed by atoms with E-state index in [1.807, 2.05) is 0 Å². The highest BCUT2D eigenvalue weighted by molar-refractivity contribution is 14.1. The van der Waals surface area contributed by atoms with Crippen molar-refractivity contribution in [2.45, 2.75) is 32.2 Å². The predicted molar refractivity (Wildman–Crippen MR) is 70.4 cm³/mol. The molecule has 1 aromatic heterocycles.